The van der Waals surface area contributed by atoms with Crippen LogP contribution in [-0.4, -0.2) is 41.3 Å². The van der Waals surface area contributed by atoms with Crippen molar-refractivity contribution in [3.05, 3.63) is 36.2 Å². The molecule has 1 N–H and O–H groups in total. The summed E-state index contributed by atoms with van der Waals surface area (Å²) in [4.78, 5) is 28.7. The summed E-state index contributed by atoms with van der Waals surface area (Å²) in [7, 11) is 1.61. The van der Waals surface area contributed by atoms with E-state index in [1.807, 2.05) is 6.07 Å². The van der Waals surface area contributed by atoms with Gasteiger partial charge in [-0.25, -0.2) is 0 Å². The Labute approximate surface area is 112 Å². The van der Waals surface area contributed by atoms with Crippen molar-refractivity contribution in [2.24, 2.45) is 0 Å². The van der Waals surface area contributed by atoms with E-state index in [0.29, 0.717) is 6.04 Å². The molecule has 100 valence electrons. The molecule has 1 aromatic rings. The smallest absolute Gasteiger partial charge is 0.246 e. The van der Waals surface area contributed by atoms with Gasteiger partial charge < -0.3 is 10.2 Å². The van der Waals surface area contributed by atoms with E-state index in [-0.39, 0.29) is 18.4 Å². The first-order valence-electron chi connectivity index (χ1n) is 6.28. The van der Waals surface area contributed by atoms with Gasteiger partial charge >= 0.3 is 0 Å². The second-order valence-corrected chi connectivity index (χ2v) is 4.66. The Balaban J connectivity index is 1.81. The maximum Gasteiger partial charge on any atom is 0.246 e. The van der Waals surface area contributed by atoms with Crippen LogP contribution in [-0.2, 0) is 9.59 Å². The van der Waals surface area contributed by atoms with Crippen molar-refractivity contribution in [1.82, 2.24) is 15.2 Å². The van der Waals surface area contributed by atoms with Crippen molar-refractivity contribution in [1.29, 1.82) is 0 Å². The molecule has 0 radical (unpaired) electrons. The third-order valence-corrected chi connectivity index (χ3v) is 2.80. The minimum absolute atomic E-state index is 0.0900. The van der Waals surface area contributed by atoms with E-state index in [2.05, 4.69) is 10.3 Å². The van der Waals surface area contributed by atoms with E-state index >= 15 is 0 Å². The van der Waals surface area contributed by atoms with Crippen LogP contribution in [0.3, 0.4) is 0 Å². The van der Waals surface area contributed by atoms with Crippen molar-refractivity contribution in [2.45, 2.75) is 18.9 Å². The second kappa shape index (κ2) is 6.13. The Hall–Kier alpha value is -2.17. The number of aromatic nitrogens is 1. The first kappa shape index (κ1) is 13.3. The molecule has 5 heteroatoms. The van der Waals surface area contributed by atoms with Crippen molar-refractivity contribution >= 4 is 17.9 Å². The summed E-state index contributed by atoms with van der Waals surface area (Å²) in [6.07, 6.45) is 8.57. The third kappa shape index (κ3) is 4.54. The van der Waals surface area contributed by atoms with Crippen molar-refractivity contribution in [3.63, 3.8) is 0 Å². The minimum atomic E-state index is -0.199. The van der Waals surface area contributed by atoms with E-state index < -0.39 is 0 Å². The highest BCUT2D eigenvalue weighted by Crippen LogP contribution is 2.18. The van der Waals surface area contributed by atoms with Gasteiger partial charge in [-0.1, -0.05) is 6.07 Å². The van der Waals surface area contributed by atoms with Gasteiger partial charge in [0.2, 0.25) is 11.8 Å². The summed E-state index contributed by atoms with van der Waals surface area (Å²) in [5.74, 6) is -0.303. The van der Waals surface area contributed by atoms with Gasteiger partial charge in [-0.15, -0.1) is 0 Å². The van der Waals surface area contributed by atoms with Crippen LogP contribution in [0, 0.1) is 0 Å². The largest absolute Gasteiger partial charge is 0.352 e. The van der Waals surface area contributed by atoms with Crippen LogP contribution in [0.1, 0.15) is 18.4 Å². The number of carbonyl (C=O) groups is 2. The molecule has 0 aliphatic heterocycles. The zero-order valence-electron chi connectivity index (χ0n) is 10.9. The maximum atomic E-state index is 11.8. The summed E-state index contributed by atoms with van der Waals surface area (Å²) < 4.78 is 0. The standard InChI is InChI=1S/C14H17N3O2/c1-17(10-13(18)16-12-5-6-12)14(19)7-4-11-3-2-8-15-9-11/h2-4,7-9,12H,5-6,10H2,1H3,(H,16,18). The number of amides is 2. The molecule has 1 fully saturated rings. The number of likely N-dealkylation sites (N-methyl/N-ethyl adjacent to an activating group) is 1. The lowest BCUT2D eigenvalue weighted by Crippen LogP contribution is -2.38. The van der Waals surface area contributed by atoms with Gasteiger partial charge in [0.05, 0.1) is 6.54 Å². The molecule has 0 unspecified atom stereocenters. The SMILES string of the molecule is CN(CC(=O)NC1CC1)C(=O)C=Cc1cccnc1. The third-order valence-electron chi connectivity index (χ3n) is 2.80. The molecule has 1 saturated carbocycles. The molecular weight excluding hydrogens is 242 g/mol. The van der Waals surface area contributed by atoms with Gasteiger partial charge in [0, 0.05) is 31.6 Å². The normalized spacial score (nSPS) is 14.4. The molecule has 2 amide bonds. The van der Waals surface area contributed by atoms with Crippen LogP contribution in [0.5, 0.6) is 0 Å². The lowest BCUT2D eigenvalue weighted by Gasteiger charge is -2.14. The average molecular weight is 259 g/mol. The van der Waals surface area contributed by atoms with E-state index in [9.17, 15) is 9.59 Å². The van der Waals surface area contributed by atoms with Crippen LogP contribution in [0.2, 0.25) is 0 Å². The number of nitrogens with zero attached hydrogens (tertiary/aromatic N) is 2. The minimum Gasteiger partial charge on any atom is -0.352 e. The van der Waals surface area contributed by atoms with Crippen LogP contribution >= 0.6 is 0 Å². The van der Waals surface area contributed by atoms with Crippen LogP contribution in [0.4, 0.5) is 0 Å². The molecule has 0 aromatic carbocycles. The van der Waals surface area contributed by atoms with Gasteiger partial charge in [0.15, 0.2) is 0 Å². The molecule has 0 atom stereocenters. The Bertz CT molecular complexity index is 481. The molecule has 19 heavy (non-hydrogen) atoms. The topological polar surface area (TPSA) is 62.3 Å². The molecule has 0 bridgehead atoms. The fraction of sp³-hybridized carbons (Fsp3) is 0.357. The monoisotopic (exact) mass is 259 g/mol. The fourth-order valence-electron chi connectivity index (χ4n) is 1.56. The first-order valence-corrected chi connectivity index (χ1v) is 6.28. The van der Waals surface area contributed by atoms with E-state index in [4.69, 9.17) is 0 Å². The maximum absolute atomic E-state index is 11.8. The molecule has 1 heterocycles. The summed E-state index contributed by atoms with van der Waals surface area (Å²) in [6.45, 7) is 0.0900. The van der Waals surface area contributed by atoms with E-state index in [1.54, 1.807) is 31.6 Å². The number of nitrogens with one attached hydrogen (secondary N) is 1. The molecule has 2 rings (SSSR count). The van der Waals surface area contributed by atoms with Crippen molar-refractivity contribution in [2.75, 3.05) is 13.6 Å². The van der Waals surface area contributed by atoms with E-state index in [0.717, 1.165) is 18.4 Å². The van der Waals surface area contributed by atoms with Gasteiger partial charge in [-0.3, -0.25) is 14.6 Å². The molecular formula is C14H17N3O2. The van der Waals surface area contributed by atoms with Crippen molar-refractivity contribution < 1.29 is 9.59 Å². The molecule has 1 aromatic heterocycles. The quantitative estimate of drug-likeness (QED) is 0.797. The predicted molar refractivity (Wildman–Crippen MR) is 72.1 cm³/mol. The second-order valence-electron chi connectivity index (χ2n) is 4.66. The highest BCUT2D eigenvalue weighted by molar-refractivity contribution is 5.94. The zero-order chi connectivity index (χ0) is 13.7. The van der Waals surface area contributed by atoms with Gasteiger partial charge in [0.25, 0.3) is 0 Å². The first-order chi connectivity index (χ1) is 9.15. The molecule has 0 saturated heterocycles. The highest BCUT2D eigenvalue weighted by atomic mass is 16.2. The fourth-order valence-corrected chi connectivity index (χ4v) is 1.56. The van der Waals surface area contributed by atoms with E-state index in [1.165, 1.54) is 11.0 Å². The average Bonchev–Trinajstić information content (AvgIpc) is 3.20. The highest BCUT2D eigenvalue weighted by Gasteiger charge is 2.23. The van der Waals surface area contributed by atoms with Crippen LogP contribution in [0.25, 0.3) is 6.08 Å². The molecule has 0 spiro atoms. The molecule has 1 aliphatic carbocycles. The van der Waals surface area contributed by atoms with Gasteiger partial charge in [0.1, 0.15) is 0 Å². The van der Waals surface area contributed by atoms with Gasteiger partial charge in [-0.05, 0) is 30.5 Å². The van der Waals surface area contributed by atoms with Gasteiger partial charge in [-0.2, -0.15) is 0 Å². The number of rotatable bonds is 5. The predicted octanol–water partition coefficient (Wildman–Crippen LogP) is 0.832. The Kier molecular flexibility index (Phi) is 4.28. The summed E-state index contributed by atoms with van der Waals surface area (Å²) >= 11 is 0. The number of pyridine rings is 1. The number of carbonyl (C=O) groups excluding carboxylic acids is 2. The number of hydrogen-bond donors (Lipinski definition) is 1. The lowest BCUT2D eigenvalue weighted by molar-refractivity contribution is -0.131. The van der Waals surface area contributed by atoms with Crippen molar-refractivity contribution in [3.8, 4) is 0 Å². The summed E-state index contributed by atoms with van der Waals surface area (Å²) in [5.41, 5.74) is 0.853. The summed E-state index contributed by atoms with van der Waals surface area (Å²) in [5, 5.41) is 2.85. The Morgan fingerprint density at radius 1 is 1.53 bits per heavy atom. The zero-order valence-corrected chi connectivity index (χ0v) is 10.9. The summed E-state index contributed by atoms with van der Waals surface area (Å²) in [6, 6.07) is 3.98. The van der Waals surface area contributed by atoms with Crippen LogP contribution in [0.15, 0.2) is 30.6 Å². The Morgan fingerprint density at radius 2 is 2.32 bits per heavy atom. The number of hydrogen-bond acceptors (Lipinski definition) is 3. The molecule has 5 nitrogen and oxygen atoms in total. The lowest BCUT2D eigenvalue weighted by atomic mass is 10.2. The Morgan fingerprint density at radius 3 is 2.95 bits per heavy atom. The van der Waals surface area contributed by atoms with Crippen LogP contribution < -0.4 is 5.32 Å². The molecule has 1 aliphatic rings.